The minimum absolute atomic E-state index is 0.300. The van der Waals surface area contributed by atoms with E-state index < -0.39 is 0 Å². The molecule has 1 heterocycles. The number of hydrogen-bond donors (Lipinski definition) is 0. The van der Waals surface area contributed by atoms with Crippen LogP contribution in [0.2, 0.25) is 0 Å². The van der Waals surface area contributed by atoms with Gasteiger partial charge in [0.25, 0.3) is 0 Å². The second-order valence-electron chi connectivity index (χ2n) is 3.63. The molecule has 3 nitrogen and oxygen atoms in total. The van der Waals surface area contributed by atoms with Gasteiger partial charge < -0.3 is 4.74 Å². The molecule has 0 aliphatic heterocycles. The highest BCUT2D eigenvalue weighted by Crippen LogP contribution is 2.34. The van der Waals surface area contributed by atoms with Crippen LogP contribution in [0.5, 0.6) is 0 Å². The lowest BCUT2D eigenvalue weighted by molar-refractivity contribution is 0.0600. The average Bonchev–Trinajstić information content (AvgIpc) is 3.09. The van der Waals surface area contributed by atoms with Crippen LogP contribution in [-0.2, 0) is 4.74 Å². The summed E-state index contributed by atoms with van der Waals surface area (Å²) in [5, 5.41) is 0.907. The van der Waals surface area contributed by atoms with Crippen LogP contribution in [0.3, 0.4) is 0 Å². The lowest BCUT2D eigenvalue weighted by atomic mass is 10.3. The van der Waals surface area contributed by atoms with E-state index in [1.807, 2.05) is 0 Å². The van der Waals surface area contributed by atoms with Crippen molar-refractivity contribution in [3.05, 3.63) is 23.9 Å². The van der Waals surface area contributed by atoms with Gasteiger partial charge in [-0.1, -0.05) is 0 Å². The number of aromatic nitrogens is 1. The average molecular weight is 223 g/mol. The maximum absolute atomic E-state index is 11.3. The monoisotopic (exact) mass is 223 g/mol. The predicted molar refractivity (Wildman–Crippen MR) is 59.0 cm³/mol. The van der Waals surface area contributed by atoms with Crippen molar-refractivity contribution < 1.29 is 9.53 Å². The maximum Gasteiger partial charge on any atom is 0.337 e. The summed E-state index contributed by atoms with van der Waals surface area (Å²) >= 11 is 1.71. The summed E-state index contributed by atoms with van der Waals surface area (Å²) < 4.78 is 4.65. The quantitative estimate of drug-likeness (QED) is 0.580. The van der Waals surface area contributed by atoms with Gasteiger partial charge in [-0.15, -0.1) is 11.8 Å². The lowest BCUT2D eigenvalue weighted by Gasteiger charge is -2.02. The molecule has 1 aliphatic rings. The van der Waals surface area contributed by atoms with Gasteiger partial charge in [0.1, 0.15) is 0 Å². The SMILES string of the molecule is COC(=O)c1ccnc(SCC2CC2)c1. The molecule has 15 heavy (non-hydrogen) atoms. The standard InChI is InChI=1S/C11H13NO2S/c1-14-11(13)9-4-5-12-10(6-9)15-7-8-2-3-8/h4-6,8H,2-3,7H2,1H3. The van der Waals surface area contributed by atoms with Crippen molar-refractivity contribution in [1.29, 1.82) is 0 Å². The van der Waals surface area contributed by atoms with Gasteiger partial charge in [-0.3, -0.25) is 0 Å². The normalized spacial score (nSPS) is 15.0. The van der Waals surface area contributed by atoms with Crippen molar-refractivity contribution in [1.82, 2.24) is 4.98 Å². The molecule has 4 heteroatoms. The van der Waals surface area contributed by atoms with Crippen molar-refractivity contribution in [2.75, 3.05) is 12.9 Å². The molecule has 0 atom stereocenters. The molecule has 1 aliphatic carbocycles. The Hall–Kier alpha value is -1.03. The first-order chi connectivity index (χ1) is 7.29. The summed E-state index contributed by atoms with van der Waals surface area (Å²) in [4.78, 5) is 15.5. The van der Waals surface area contributed by atoms with Gasteiger partial charge in [-0.05, 0) is 30.9 Å². The summed E-state index contributed by atoms with van der Waals surface area (Å²) in [7, 11) is 1.39. The minimum atomic E-state index is -0.300. The number of methoxy groups -OCH3 is 1. The molecule has 1 fully saturated rings. The fourth-order valence-electron chi connectivity index (χ4n) is 1.22. The summed E-state index contributed by atoms with van der Waals surface area (Å²) in [6.07, 6.45) is 4.33. The van der Waals surface area contributed by atoms with E-state index in [1.54, 1.807) is 30.1 Å². The Labute approximate surface area is 93.2 Å². The Bertz CT molecular complexity index is 363. The first-order valence-electron chi connectivity index (χ1n) is 4.97. The Morgan fingerprint density at radius 2 is 2.47 bits per heavy atom. The molecule has 0 saturated heterocycles. The number of ether oxygens (including phenoxy) is 1. The van der Waals surface area contributed by atoms with Crippen LogP contribution >= 0.6 is 11.8 Å². The number of carbonyl (C=O) groups is 1. The van der Waals surface area contributed by atoms with Crippen molar-refractivity contribution in [2.24, 2.45) is 5.92 Å². The number of nitrogens with zero attached hydrogens (tertiary/aromatic N) is 1. The predicted octanol–water partition coefficient (Wildman–Crippen LogP) is 2.37. The maximum atomic E-state index is 11.3. The number of carbonyl (C=O) groups excluding carboxylic acids is 1. The first kappa shape index (κ1) is 10.5. The second kappa shape index (κ2) is 4.66. The van der Waals surface area contributed by atoms with Crippen LogP contribution < -0.4 is 0 Å². The topological polar surface area (TPSA) is 39.2 Å². The number of pyridine rings is 1. The molecule has 0 spiro atoms. The molecule has 1 aromatic rings. The van der Waals surface area contributed by atoms with Crippen LogP contribution in [0.15, 0.2) is 23.4 Å². The summed E-state index contributed by atoms with van der Waals surface area (Å²) in [6, 6.07) is 3.46. The number of hydrogen-bond acceptors (Lipinski definition) is 4. The zero-order valence-corrected chi connectivity index (χ0v) is 9.42. The molecular weight excluding hydrogens is 210 g/mol. The third kappa shape index (κ3) is 2.96. The number of rotatable bonds is 4. The van der Waals surface area contributed by atoms with Crippen molar-refractivity contribution >= 4 is 17.7 Å². The molecule has 0 N–H and O–H groups in total. The minimum Gasteiger partial charge on any atom is -0.465 e. The second-order valence-corrected chi connectivity index (χ2v) is 4.67. The van der Waals surface area contributed by atoms with E-state index in [-0.39, 0.29) is 5.97 Å². The van der Waals surface area contributed by atoms with E-state index in [9.17, 15) is 4.79 Å². The van der Waals surface area contributed by atoms with Gasteiger partial charge in [0.05, 0.1) is 17.7 Å². The van der Waals surface area contributed by atoms with Crippen LogP contribution in [0.4, 0.5) is 0 Å². The Balaban J connectivity index is 2.00. The molecule has 1 saturated carbocycles. The molecule has 0 radical (unpaired) electrons. The van der Waals surface area contributed by atoms with E-state index in [1.165, 1.54) is 20.0 Å². The van der Waals surface area contributed by atoms with Gasteiger partial charge in [0.15, 0.2) is 0 Å². The Morgan fingerprint density at radius 3 is 3.13 bits per heavy atom. The van der Waals surface area contributed by atoms with E-state index in [2.05, 4.69) is 9.72 Å². The van der Waals surface area contributed by atoms with E-state index in [0.29, 0.717) is 5.56 Å². The highest BCUT2D eigenvalue weighted by molar-refractivity contribution is 7.99. The van der Waals surface area contributed by atoms with Gasteiger partial charge in [0.2, 0.25) is 0 Å². The zero-order valence-electron chi connectivity index (χ0n) is 8.60. The van der Waals surface area contributed by atoms with Crippen LogP contribution in [0, 0.1) is 5.92 Å². The van der Waals surface area contributed by atoms with E-state index >= 15 is 0 Å². The first-order valence-corrected chi connectivity index (χ1v) is 5.95. The highest BCUT2D eigenvalue weighted by atomic mass is 32.2. The van der Waals surface area contributed by atoms with Crippen LogP contribution in [0.1, 0.15) is 23.2 Å². The van der Waals surface area contributed by atoms with Crippen molar-refractivity contribution in [2.45, 2.75) is 17.9 Å². The Kier molecular flexibility index (Phi) is 3.26. The highest BCUT2D eigenvalue weighted by Gasteiger charge is 2.21. The van der Waals surface area contributed by atoms with Gasteiger partial charge in [-0.25, -0.2) is 9.78 Å². The number of esters is 1. The summed E-state index contributed by atoms with van der Waals surface area (Å²) in [6.45, 7) is 0. The zero-order chi connectivity index (χ0) is 10.7. The molecular formula is C11H13NO2S. The van der Waals surface area contributed by atoms with Gasteiger partial charge >= 0.3 is 5.97 Å². The number of thioether (sulfide) groups is 1. The smallest absolute Gasteiger partial charge is 0.337 e. The fraction of sp³-hybridized carbons (Fsp3) is 0.455. The lowest BCUT2D eigenvalue weighted by Crippen LogP contribution is -2.01. The van der Waals surface area contributed by atoms with Gasteiger partial charge in [0, 0.05) is 11.9 Å². The van der Waals surface area contributed by atoms with E-state index in [4.69, 9.17) is 0 Å². The Morgan fingerprint density at radius 1 is 1.67 bits per heavy atom. The van der Waals surface area contributed by atoms with Crippen molar-refractivity contribution in [3.8, 4) is 0 Å². The van der Waals surface area contributed by atoms with E-state index in [0.717, 1.165) is 16.7 Å². The molecule has 0 unspecified atom stereocenters. The molecule has 0 aromatic carbocycles. The molecule has 0 amide bonds. The molecule has 1 aromatic heterocycles. The van der Waals surface area contributed by atoms with Crippen LogP contribution in [0.25, 0.3) is 0 Å². The largest absolute Gasteiger partial charge is 0.465 e. The summed E-state index contributed by atoms with van der Waals surface area (Å²) in [5.41, 5.74) is 0.575. The molecule has 0 bridgehead atoms. The van der Waals surface area contributed by atoms with Gasteiger partial charge in [-0.2, -0.15) is 0 Å². The third-order valence-corrected chi connectivity index (χ3v) is 3.48. The molecule has 80 valence electrons. The fourth-order valence-corrected chi connectivity index (χ4v) is 2.31. The van der Waals surface area contributed by atoms with Crippen LogP contribution in [-0.4, -0.2) is 23.8 Å². The molecule has 2 rings (SSSR count). The third-order valence-electron chi connectivity index (χ3n) is 2.32. The summed E-state index contributed by atoms with van der Waals surface area (Å²) in [5.74, 6) is 1.67. The van der Waals surface area contributed by atoms with Crippen molar-refractivity contribution in [3.63, 3.8) is 0 Å².